The van der Waals surface area contributed by atoms with Crippen molar-refractivity contribution in [1.29, 1.82) is 0 Å². The van der Waals surface area contributed by atoms with Crippen LogP contribution in [-0.4, -0.2) is 14.7 Å². The van der Waals surface area contributed by atoms with E-state index in [1.165, 1.54) is 0 Å². The number of hydrogen-bond acceptors (Lipinski definition) is 5. The number of benzene rings is 2. The van der Waals surface area contributed by atoms with Crippen LogP contribution in [0, 0.1) is 6.92 Å². The summed E-state index contributed by atoms with van der Waals surface area (Å²) < 4.78 is 14.0. The number of aromatic nitrogens is 2. The lowest BCUT2D eigenvalue weighted by Crippen LogP contribution is -2.22. The number of carbonyl (C=O) groups is 1. The third-order valence-corrected chi connectivity index (χ3v) is 4.49. The Morgan fingerprint density at radius 1 is 1.20 bits per heavy atom. The highest BCUT2D eigenvalue weighted by molar-refractivity contribution is 6.99. The Bertz CT molecular complexity index is 865. The van der Waals surface area contributed by atoms with E-state index in [0.717, 1.165) is 28.7 Å². The molecule has 1 heterocycles. The summed E-state index contributed by atoms with van der Waals surface area (Å²) in [4.78, 5) is 12.3. The van der Waals surface area contributed by atoms with Crippen molar-refractivity contribution in [2.24, 2.45) is 0 Å². The number of amides is 1. The van der Waals surface area contributed by atoms with Crippen molar-refractivity contribution in [3.8, 4) is 5.75 Å². The molecular formula is C18H16ClN3O2S. The van der Waals surface area contributed by atoms with Crippen LogP contribution in [0.1, 0.15) is 27.3 Å². The molecule has 0 spiro atoms. The summed E-state index contributed by atoms with van der Waals surface area (Å²) in [5.41, 5.74) is 3.20. The van der Waals surface area contributed by atoms with Gasteiger partial charge in [0.1, 0.15) is 18.1 Å². The van der Waals surface area contributed by atoms with Crippen molar-refractivity contribution in [3.05, 3.63) is 76.1 Å². The number of ether oxygens (including phenoxy) is 1. The number of halogens is 1. The summed E-state index contributed by atoms with van der Waals surface area (Å²) in [5, 5.41) is 3.55. The molecule has 5 nitrogen and oxygen atoms in total. The van der Waals surface area contributed by atoms with E-state index in [2.05, 4.69) is 14.1 Å². The van der Waals surface area contributed by atoms with Gasteiger partial charge in [-0.05, 0) is 42.8 Å². The van der Waals surface area contributed by atoms with E-state index in [1.807, 2.05) is 25.1 Å². The molecule has 0 aliphatic rings. The smallest absolute Gasteiger partial charge is 0.251 e. The topological polar surface area (TPSA) is 64.1 Å². The monoisotopic (exact) mass is 373 g/mol. The summed E-state index contributed by atoms with van der Waals surface area (Å²) in [5.74, 6) is 0.457. The molecule has 0 atom stereocenters. The fourth-order valence-electron chi connectivity index (χ4n) is 2.15. The van der Waals surface area contributed by atoms with Crippen LogP contribution in [0.5, 0.6) is 5.75 Å². The molecule has 0 saturated heterocycles. The summed E-state index contributed by atoms with van der Waals surface area (Å²) in [6, 6.07) is 14.4. The molecule has 1 amide bonds. The van der Waals surface area contributed by atoms with E-state index in [9.17, 15) is 4.79 Å². The van der Waals surface area contributed by atoms with E-state index >= 15 is 0 Å². The average molecular weight is 374 g/mol. The molecule has 1 aromatic heterocycles. The molecule has 0 aliphatic carbocycles. The van der Waals surface area contributed by atoms with Crippen molar-refractivity contribution in [1.82, 2.24) is 14.1 Å². The standard InChI is InChI=1S/C18H16ClN3O2S/c1-12-17(22-25-21-12)11-24-16-4-2-3-14(9-16)18(23)20-10-13-5-7-15(19)8-6-13/h2-9H,10-11H2,1H3,(H,20,23). The number of rotatable bonds is 6. The maximum Gasteiger partial charge on any atom is 0.251 e. The van der Waals surface area contributed by atoms with E-state index in [4.69, 9.17) is 16.3 Å². The molecule has 3 rings (SSSR count). The van der Waals surface area contributed by atoms with Gasteiger partial charge in [0.2, 0.25) is 0 Å². The van der Waals surface area contributed by atoms with Gasteiger partial charge in [0.05, 0.1) is 17.4 Å². The molecule has 2 aromatic carbocycles. The van der Waals surface area contributed by atoms with Gasteiger partial charge in [-0.25, -0.2) is 0 Å². The van der Waals surface area contributed by atoms with Gasteiger partial charge in [0, 0.05) is 17.1 Å². The molecule has 0 unspecified atom stereocenters. The van der Waals surface area contributed by atoms with Crippen LogP contribution in [0.15, 0.2) is 48.5 Å². The van der Waals surface area contributed by atoms with Gasteiger partial charge in [-0.1, -0.05) is 29.8 Å². The number of carbonyl (C=O) groups excluding carboxylic acids is 1. The van der Waals surface area contributed by atoms with Crippen molar-refractivity contribution >= 4 is 29.2 Å². The van der Waals surface area contributed by atoms with E-state index in [1.54, 1.807) is 30.3 Å². The zero-order valence-electron chi connectivity index (χ0n) is 13.5. The summed E-state index contributed by atoms with van der Waals surface area (Å²) in [6.07, 6.45) is 0. The molecule has 0 aliphatic heterocycles. The van der Waals surface area contributed by atoms with E-state index in [0.29, 0.717) is 29.5 Å². The van der Waals surface area contributed by atoms with Crippen LogP contribution in [0.2, 0.25) is 5.02 Å². The van der Waals surface area contributed by atoms with Crippen LogP contribution in [0.3, 0.4) is 0 Å². The average Bonchev–Trinajstić information content (AvgIpc) is 3.04. The maximum absolute atomic E-state index is 12.3. The lowest BCUT2D eigenvalue weighted by atomic mass is 10.2. The Hall–Kier alpha value is -2.44. The van der Waals surface area contributed by atoms with Gasteiger partial charge in [-0.3, -0.25) is 4.79 Å². The van der Waals surface area contributed by atoms with Gasteiger partial charge in [0.15, 0.2) is 0 Å². The van der Waals surface area contributed by atoms with Crippen LogP contribution in [0.4, 0.5) is 0 Å². The Kier molecular flexibility index (Phi) is 5.63. The number of nitrogens with one attached hydrogen (secondary N) is 1. The number of aryl methyl sites for hydroxylation is 1. The zero-order valence-corrected chi connectivity index (χ0v) is 15.1. The molecule has 25 heavy (non-hydrogen) atoms. The van der Waals surface area contributed by atoms with Crippen LogP contribution < -0.4 is 10.1 Å². The molecule has 3 aromatic rings. The van der Waals surface area contributed by atoms with Crippen molar-refractivity contribution < 1.29 is 9.53 Å². The highest BCUT2D eigenvalue weighted by Gasteiger charge is 2.08. The molecule has 1 N–H and O–H groups in total. The van der Waals surface area contributed by atoms with Crippen LogP contribution >= 0.6 is 23.3 Å². The third kappa shape index (κ3) is 4.78. The number of nitrogens with zero attached hydrogens (tertiary/aromatic N) is 2. The Labute approximate surface area is 154 Å². The van der Waals surface area contributed by atoms with Crippen LogP contribution in [-0.2, 0) is 13.2 Å². The van der Waals surface area contributed by atoms with Gasteiger partial charge in [-0.15, -0.1) is 0 Å². The zero-order chi connectivity index (χ0) is 17.6. The molecular weight excluding hydrogens is 358 g/mol. The first-order chi connectivity index (χ1) is 12.1. The summed E-state index contributed by atoms with van der Waals surface area (Å²) >= 11 is 7.02. The fraction of sp³-hybridized carbons (Fsp3) is 0.167. The highest BCUT2D eigenvalue weighted by Crippen LogP contribution is 2.16. The third-order valence-electron chi connectivity index (χ3n) is 3.58. The minimum atomic E-state index is -0.160. The largest absolute Gasteiger partial charge is 0.487 e. The second-order valence-corrected chi connectivity index (χ2v) is 6.39. The van der Waals surface area contributed by atoms with Crippen molar-refractivity contribution in [2.45, 2.75) is 20.1 Å². The molecule has 0 bridgehead atoms. The molecule has 0 radical (unpaired) electrons. The Balaban J connectivity index is 1.59. The van der Waals surface area contributed by atoms with Gasteiger partial charge < -0.3 is 10.1 Å². The van der Waals surface area contributed by atoms with Gasteiger partial charge >= 0.3 is 0 Å². The second-order valence-electron chi connectivity index (χ2n) is 5.42. The first kappa shape index (κ1) is 17.4. The SMILES string of the molecule is Cc1nsnc1COc1cccc(C(=O)NCc2ccc(Cl)cc2)c1. The number of hydrogen-bond donors (Lipinski definition) is 1. The lowest BCUT2D eigenvalue weighted by Gasteiger charge is -2.08. The van der Waals surface area contributed by atoms with Gasteiger partial charge in [0.25, 0.3) is 5.91 Å². The van der Waals surface area contributed by atoms with Crippen LogP contribution in [0.25, 0.3) is 0 Å². The molecule has 0 saturated carbocycles. The quantitative estimate of drug-likeness (QED) is 0.709. The minimum absolute atomic E-state index is 0.160. The van der Waals surface area contributed by atoms with E-state index < -0.39 is 0 Å². The predicted octanol–water partition coefficient (Wildman–Crippen LogP) is 4.01. The first-order valence-electron chi connectivity index (χ1n) is 7.65. The first-order valence-corrected chi connectivity index (χ1v) is 8.76. The predicted molar refractivity (Wildman–Crippen MR) is 98.0 cm³/mol. The van der Waals surface area contributed by atoms with Crippen molar-refractivity contribution in [2.75, 3.05) is 0 Å². The molecule has 0 fully saturated rings. The molecule has 7 heteroatoms. The Morgan fingerprint density at radius 2 is 2.00 bits per heavy atom. The minimum Gasteiger partial charge on any atom is -0.487 e. The molecule has 128 valence electrons. The summed E-state index contributed by atoms with van der Waals surface area (Å²) in [7, 11) is 0. The normalized spacial score (nSPS) is 10.5. The fourth-order valence-corrected chi connectivity index (χ4v) is 2.82. The van der Waals surface area contributed by atoms with Gasteiger partial charge in [-0.2, -0.15) is 8.75 Å². The van der Waals surface area contributed by atoms with E-state index in [-0.39, 0.29) is 5.91 Å². The Morgan fingerprint density at radius 3 is 2.72 bits per heavy atom. The lowest BCUT2D eigenvalue weighted by molar-refractivity contribution is 0.0950. The summed E-state index contributed by atoms with van der Waals surface area (Å²) in [6.45, 7) is 2.66. The second kappa shape index (κ2) is 8.09. The maximum atomic E-state index is 12.3. The van der Waals surface area contributed by atoms with Crippen molar-refractivity contribution in [3.63, 3.8) is 0 Å². The highest BCUT2D eigenvalue weighted by atomic mass is 35.5.